The van der Waals surface area contributed by atoms with E-state index in [4.69, 9.17) is 0 Å². The van der Waals surface area contributed by atoms with Crippen molar-refractivity contribution in [1.29, 1.82) is 0 Å². The average Bonchev–Trinajstić information content (AvgIpc) is 2.34. The summed E-state index contributed by atoms with van der Waals surface area (Å²) in [5.74, 6) is 1.65. The van der Waals surface area contributed by atoms with Crippen LogP contribution in [0, 0.1) is 0 Å². The van der Waals surface area contributed by atoms with Crippen molar-refractivity contribution in [2.75, 3.05) is 6.54 Å². The van der Waals surface area contributed by atoms with Gasteiger partial charge in [0.2, 0.25) is 0 Å². The summed E-state index contributed by atoms with van der Waals surface area (Å²) in [6, 6.07) is 0.554. The molecule has 4 nitrogen and oxygen atoms in total. The molecule has 1 aliphatic rings. The molecule has 1 aliphatic heterocycles. The van der Waals surface area contributed by atoms with Crippen LogP contribution in [0.15, 0.2) is 6.33 Å². The van der Waals surface area contributed by atoms with E-state index in [9.17, 15) is 0 Å². The van der Waals surface area contributed by atoms with E-state index >= 15 is 0 Å². The number of rotatable bonds is 1. The van der Waals surface area contributed by atoms with E-state index in [1.54, 1.807) is 6.33 Å². The highest BCUT2D eigenvalue weighted by atomic mass is 15.3. The highest BCUT2D eigenvalue weighted by Gasteiger charge is 2.30. The lowest BCUT2D eigenvalue weighted by Crippen LogP contribution is -2.49. The third-order valence-corrected chi connectivity index (χ3v) is 2.34. The van der Waals surface area contributed by atoms with Gasteiger partial charge in [-0.15, -0.1) is 10.2 Å². The molecule has 11 heavy (non-hydrogen) atoms. The Balaban J connectivity index is 2.22. The molecular formula is C7H12N4. The molecule has 1 aromatic rings. The zero-order valence-electron chi connectivity index (χ0n) is 6.78. The molecule has 0 bridgehead atoms. The molecule has 0 spiro atoms. The van der Waals surface area contributed by atoms with Crippen molar-refractivity contribution >= 4 is 0 Å². The van der Waals surface area contributed by atoms with Crippen molar-refractivity contribution in [1.82, 2.24) is 20.1 Å². The second-order valence-corrected chi connectivity index (χ2v) is 3.10. The maximum atomic E-state index is 4.06. The van der Waals surface area contributed by atoms with Crippen LogP contribution in [0.4, 0.5) is 0 Å². The highest BCUT2D eigenvalue weighted by molar-refractivity contribution is 5.07. The number of hydrogen-bond acceptors (Lipinski definition) is 3. The van der Waals surface area contributed by atoms with E-state index in [1.165, 1.54) is 0 Å². The first-order valence-electron chi connectivity index (χ1n) is 3.86. The summed E-state index contributed by atoms with van der Waals surface area (Å²) in [7, 11) is 1.99. The quantitative estimate of drug-likeness (QED) is 0.610. The Morgan fingerprint density at radius 2 is 2.55 bits per heavy atom. The van der Waals surface area contributed by atoms with Gasteiger partial charge in [0, 0.05) is 25.6 Å². The summed E-state index contributed by atoms with van der Waals surface area (Å²) in [4.78, 5) is 0. The Hall–Kier alpha value is -0.900. The van der Waals surface area contributed by atoms with E-state index in [2.05, 4.69) is 22.4 Å². The fourth-order valence-electron chi connectivity index (χ4n) is 1.41. The fourth-order valence-corrected chi connectivity index (χ4v) is 1.41. The van der Waals surface area contributed by atoms with Crippen molar-refractivity contribution in [2.45, 2.75) is 18.9 Å². The summed E-state index contributed by atoms with van der Waals surface area (Å²) < 4.78 is 1.99. The van der Waals surface area contributed by atoms with Gasteiger partial charge in [0.25, 0.3) is 0 Å². The van der Waals surface area contributed by atoms with Gasteiger partial charge in [-0.1, -0.05) is 0 Å². The first-order valence-corrected chi connectivity index (χ1v) is 3.86. The Morgan fingerprint density at radius 3 is 2.91 bits per heavy atom. The third-order valence-electron chi connectivity index (χ3n) is 2.34. The van der Waals surface area contributed by atoms with E-state index < -0.39 is 0 Å². The van der Waals surface area contributed by atoms with Gasteiger partial charge in [-0.3, -0.25) is 0 Å². The zero-order chi connectivity index (χ0) is 7.84. The van der Waals surface area contributed by atoms with Crippen molar-refractivity contribution in [3.63, 3.8) is 0 Å². The van der Waals surface area contributed by atoms with Gasteiger partial charge in [0.15, 0.2) is 0 Å². The number of nitrogens with one attached hydrogen (secondary N) is 1. The lowest BCUT2D eigenvalue weighted by Gasteiger charge is -2.34. The Kier molecular flexibility index (Phi) is 1.42. The van der Waals surface area contributed by atoms with Crippen LogP contribution in [-0.2, 0) is 7.05 Å². The first-order chi connectivity index (χ1) is 5.29. The number of hydrogen-bond donors (Lipinski definition) is 1. The van der Waals surface area contributed by atoms with E-state index in [-0.39, 0.29) is 0 Å². The largest absolute Gasteiger partial charge is 0.320 e. The standard InChI is InChI=1S/C7H12N4/c1-5-6(3-8-5)7-10-9-4-11(7)2/h4-6,8H,3H2,1-2H3/t5-,6+/m1/s1. The van der Waals surface area contributed by atoms with Gasteiger partial charge in [-0.2, -0.15) is 0 Å². The van der Waals surface area contributed by atoms with Crippen molar-refractivity contribution in [3.05, 3.63) is 12.2 Å². The lowest BCUT2D eigenvalue weighted by atomic mass is 9.92. The molecule has 1 N–H and O–H groups in total. The Morgan fingerprint density at radius 1 is 1.73 bits per heavy atom. The van der Waals surface area contributed by atoms with Gasteiger partial charge in [0.05, 0.1) is 0 Å². The molecule has 0 aromatic carbocycles. The monoisotopic (exact) mass is 152 g/mol. The smallest absolute Gasteiger partial charge is 0.138 e. The van der Waals surface area contributed by atoms with Crippen molar-refractivity contribution in [2.24, 2.45) is 7.05 Å². The second-order valence-electron chi connectivity index (χ2n) is 3.10. The lowest BCUT2D eigenvalue weighted by molar-refractivity contribution is 0.316. The van der Waals surface area contributed by atoms with Crippen LogP contribution >= 0.6 is 0 Å². The minimum Gasteiger partial charge on any atom is -0.320 e. The molecule has 2 rings (SSSR count). The van der Waals surface area contributed by atoms with Crippen LogP contribution in [0.1, 0.15) is 18.7 Å². The van der Waals surface area contributed by atoms with Gasteiger partial charge in [0.1, 0.15) is 12.2 Å². The van der Waals surface area contributed by atoms with E-state index in [0.29, 0.717) is 12.0 Å². The van der Waals surface area contributed by atoms with Crippen LogP contribution in [-0.4, -0.2) is 27.4 Å². The summed E-state index contributed by atoms with van der Waals surface area (Å²) in [6.45, 7) is 3.20. The maximum absolute atomic E-state index is 4.06. The van der Waals surface area contributed by atoms with E-state index in [1.807, 2.05) is 11.6 Å². The SMILES string of the molecule is C[C@H]1NC[C@@H]1c1nncn1C. The van der Waals surface area contributed by atoms with Gasteiger partial charge < -0.3 is 9.88 Å². The number of aryl methyl sites for hydroxylation is 1. The van der Waals surface area contributed by atoms with Gasteiger partial charge in [-0.25, -0.2) is 0 Å². The third kappa shape index (κ3) is 0.939. The number of nitrogens with zero attached hydrogens (tertiary/aromatic N) is 3. The minimum atomic E-state index is 0.554. The zero-order valence-corrected chi connectivity index (χ0v) is 6.78. The maximum Gasteiger partial charge on any atom is 0.138 e. The fraction of sp³-hybridized carbons (Fsp3) is 0.714. The molecular weight excluding hydrogens is 140 g/mol. The molecule has 0 unspecified atom stereocenters. The molecule has 60 valence electrons. The normalized spacial score (nSPS) is 30.0. The van der Waals surface area contributed by atoms with Crippen molar-refractivity contribution in [3.8, 4) is 0 Å². The summed E-state index contributed by atoms with van der Waals surface area (Å²) >= 11 is 0. The second kappa shape index (κ2) is 2.30. The molecule has 2 atom stereocenters. The first kappa shape index (κ1) is 6.79. The highest BCUT2D eigenvalue weighted by Crippen LogP contribution is 2.22. The van der Waals surface area contributed by atoms with E-state index in [0.717, 1.165) is 12.4 Å². The minimum absolute atomic E-state index is 0.554. The van der Waals surface area contributed by atoms with Crippen LogP contribution < -0.4 is 5.32 Å². The van der Waals surface area contributed by atoms with Crippen LogP contribution in [0.25, 0.3) is 0 Å². The molecule has 0 amide bonds. The topological polar surface area (TPSA) is 42.7 Å². The summed E-state index contributed by atoms with van der Waals surface area (Å²) in [5, 5.41) is 11.2. The predicted octanol–water partition coefficient (Wildman–Crippen LogP) is -0.110. The summed E-state index contributed by atoms with van der Waals surface area (Å²) in [5.41, 5.74) is 0. The predicted molar refractivity (Wildman–Crippen MR) is 41.2 cm³/mol. The molecule has 0 aliphatic carbocycles. The van der Waals surface area contributed by atoms with Crippen LogP contribution in [0.3, 0.4) is 0 Å². The molecule has 0 saturated carbocycles. The Labute approximate surface area is 65.6 Å². The average molecular weight is 152 g/mol. The van der Waals surface area contributed by atoms with Gasteiger partial charge >= 0.3 is 0 Å². The molecule has 1 fully saturated rings. The molecule has 0 radical (unpaired) electrons. The van der Waals surface area contributed by atoms with Gasteiger partial charge in [-0.05, 0) is 6.92 Å². The Bertz CT molecular complexity index is 255. The molecule has 1 saturated heterocycles. The molecule has 2 heterocycles. The summed E-state index contributed by atoms with van der Waals surface area (Å²) in [6.07, 6.45) is 1.75. The number of aromatic nitrogens is 3. The molecule has 4 heteroatoms. The van der Waals surface area contributed by atoms with Crippen LogP contribution in [0.5, 0.6) is 0 Å². The van der Waals surface area contributed by atoms with Crippen LogP contribution in [0.2, 0.25) is 0 Å². The molecule has 1 aromatic heterocycles. The van der Waals surface area contributed by atoms with Crippen molar-refractivity contribution < 1.29 is 0 Å².